The maximum absolute atomic E-state index is 12.4. The fraction of sp³-hybridized carbons (Fsp3) is 0.0667. The number of nitrogens with zero attached hydrogens (tertiary/aromatic N) is 1. The Balaban J connectivity index is 2.01. The minimum absolute atomic E-state index is 0.0472. The fourth-order valence-electron chi connectivity index (χ4n) is 2.34. The average Bonchev–Trinajstić information content (AvgIpc) is 3.09. The molecular formula is C15H13N3O3S. The van der Waals surface area contributed by atoms with Gasteiger partial charge >= 0.3 is 6.03 Å². The van der Waals surface area contributed by atoms with Gasteiger partial charge in [0, 0.05) is 10.3 Å². The van der Waals surface area contributed by atoms with Gasteiger partial charge in [-0.15, -0.1) is 11.3 Å². The van der Waals surface area contributed by atoms with Crippen molar-refractivity contribution >= 4 is 34.2 Å². The molecule has 7 heteroatoms. The van der Waals surface area contributed by atoms with Crippen molar-refractivity contribution in [2.45, 2.75) is 6.54 Å². The first kappa shape index (κ1) is 14.2. The Morgan fingerprint density at radius 2 is 2.00 bits per heavy atom. The zero-order valence-electron chi connectivity index (χ0n) is 11.4. The van der Waals surface area contributed by atoms with E-state index in [1.807, 2.05) is 17.5 Å². The number of nitrogens with one attached hydrogen (secondary N) is 1. The summed E-state index contributed by atoms with van der Waals surface area (Å²) in [5, 5.41) is 15.3. The van der Waals surface area contributed by atoms with Crippen molar-refractivity contribution in [1.82, 2.24) is 9.88 Å². The fourth-order valence-corrected chi connectivity index (χ4v) is 2.99. The number of primary amides is 1. The second kappa shape index (κ2) is 5.53. The second-order valence-corrected chi connectivity index (χ2v) is 5.68. The summed E-state index contributed by atoms with van der Waals surface area (Å²) in [6.07, 6.45) is 0. The van der Waals surface area contributed by atoms with Crippen LogP contribution in [-0.2, 0) is 6.54 Å². The monoisotopic (exact) mass is 315 g/mol. The van der Waals surface area contributed by atoms with Gasteiger partial charge < -0.3 is 16.2 Å². The SMILES string of the molecule is NC(=O)n1c(O)c(C(=O)NCc2cccs2)c2ccccc21. The Labute approximate surface area is 129 Å². The van der Waals surface area contributed by atoms with Crippen molar-refractivity contribution in [3.63, 3.8) is 0 Å². The van der Waals surface area contributed by atoms with Crippen molar-refractivity contribution in [3.05, 3.63) is 52.2 Å². The molecule has 0 fully saturated rings. The minimum Gasteiger partial charge on any atom is -0.494 e. The summed E-state index contributed by atoms with van der Waals surface area (Å²) in [4.78, 5) is 24.9. The topological polar surface area (TPSA) is 97.3 Å². The molecule has 0 spiro atoms. The minimum atomic E-state index is -0.842. The lowest BCUT2D eigenvalue weighted by Crippen LogP contribution is -2.23. The van der Waals surface area contributed by atoms with E-state index in [0.29, 0.717) is 17.4 Å². The van der Waals surface area contributed by atoms with Crippen molar-refractivity contribution in [3.8, 4) is 5.88 Å². The largest absolute Gasteiger partial charge is 0.494 e. The maximum Gasteiger partial charge on any atom is 0.326 e. The van der Waals surface area contributed by atoms with E-state index in [2.05, 4.69) is 5.32 Å². The van der Waals surface area contributed by atoms with Crippen molar-refractivity contribution in [1.29, 1.82) is 0 Å². The lowest BCUT2D eigenvalue weighted by atomic mass is 10.1. The van der Waals surface area contributed by atoms with E-state index in [1.165, 1.54) is 11.3 Å². The van der Waals surface area contributed by atoms with Crippen LogP contribution in [0.4, 0.5) is 4.79 Å². The third-order valence-electron chi connectivity index (χ3n) is 3.30. The van der Waals surface area contributed by atoms with E-state index < -0.39 is 17.8 Å². The highest BCUT2D eigenvalue weighted by Gasteiger charge is 2.24. The van der Waals surface area contributed by atoms with Gasteiger partial charge in [-0.3, -0.25) is 4.79 Å². The molecule has 0 aliphatic heterocycles. The van der Waals surface area contributed by atoms with E-state index in [-0.39, 0.29) is 5.56 Å². The predicted molar refractivity (Wildman–Crippen MR) is 84.1 cm³/mol. The van der Waals surface area contributed by atoms with E-state index in [1.54, 1.807) is 24.3 Å². The van der Waals surface area contributed by atoms with Gasteiger partial charge in [0.2, 0.25) is 5.88 Å². The molecule has 22 heavy (non-hydrogen) atoms. The van der Waals surface area contributed by atoms with E-state index in [0.717, 1.165) is 9.44 Å². The molecule has 0 saturated heterocycles. The lowest BCUT2D eigenvalue weighted by molar-refractivity contribution is 0.0950. The number of aromatic hydroxyl groups is 1. The number of nitrogens with two attached hydrogens (primary N) is 1. The number of aromatic nitrogens is 1. The summed E-state index contributed by atoms with van der Waals surface area (Å²) in [7, 11) is 0. The third kappa shape index (κ3) is 2.31. The highest BCUT2D eigenvalue weighted by molar-refractivity contribution is 7.09. The second-order valence-electron chi connectivity index (χ2n) is 4.65. The van der Waals surface area contributed by atoms with Gasteiger partial charge in [0.1, 0.15) is 5.56 Å². The van der Waals surface area contributed by atoms with Crippen LogP contribution in [0.1, 0.15) is 15.2 Å². The Morgan fingerprint density at radius 3 is 2.68 bits per heavy atom. The number of carbonyl (C=O) groups excluding carboxylic acids is 2. The summed E-state index contributed by atoms with van der Waals surface area (Å²) >= 11 is 1.52. The molecule has 6 nitrogen and oxygen atoms in total. The molecule has 0 saturated carbocycles. The number of hydrogen-bond acceptors (Lipinski definition) is 4. The van der Waals surface area contributed by atoms with E-state index in [9.17, 15) is 14.7 Å². The van der Waals surface area contributed by atoms with E-state index in [4.69, 9.17) is 5.73 Å². The van der Waals surface area contributed by atoms with Crippen LogP contribution in [0.15, 0.2) is 41.8 Å². The van der Waals surface area contributed by atoms with E-state index >= 15 is 0 Å². The smallest absolute Gasteiger partial charge is 0.326 e. The van der Waals surface area contributed by atoms with Gasteiger partial charge in [-0.05, 0) is 17.5 Å². The molecule has 0 unspecified atom stereocenters. The molecule has 112 valence electrons. The highest BCUT2D eigenvalue weighted by atomic mass is 32.1. The Bertz CT molecular complexity index is 852. The van der Waals surface area contributed by atoms with Gasteiger partial charge in [-0.2, -0.15) is 0 Å². The van der Waals surface area contributed by atoms with Crippen LogP contribution in [-0.4, -0.2) is 21.6 Å². The highest BCUT2D eigenvalue weighted by Crippen LogP contribution is 2.30. The van der Waals surface area contributed by atoms with Gasteiger partial charge in [0.05, 0.1) is 12.1 Å². The number of amides is 2. The van der Waals surface area contributed by atoms with Crippen molar-refractivity contribution < 1.29 is 14.7 Å². The lowest BCUT2D eigenvalue weighted by Gasteiger charge is -2.04. The van der Waals surface area contributed by atoms with Gasteiger partial charge in [0.25, 0.3) is 5.91 Å². The molecule has 3 rings (SSSR count). The number of rotatable bonds is 3. The van der Waals surface area contributed by atoms with Crippen LogP contribution in [0.5, 0.6) is 5.88 Å². The zero-order chi connectivity index (χ0) is 15.7. The first-order valence-electron chi connectivity index (χ1n) is 6.52. The third-order valence-corrected chi connectivity index (χ3v) is 4.18. The summed E-state index contributed by atoms with van der Waals surface area (Å²) < 4.78 is 0.926. The molecule has 2 amide bonds. The van der Waals surface area contributed by atoms with Crippen LogP contribution >= 0.6 is 11.3 Å². The van der Waals surface area contributed by atoms with Gasteiger partial charge in [0.15, 0.2) is 0 Å². The molecule has 0 atom stereocenters. The van der Waals surface area contributed by atoms with Crippen molar-refractivity contribution in [2.75, 3.05) is 0 Å². The molecule has 2 heterocycles. The molecule has 0 aliphatic rings. The van der Waals surface area contributed by atoms with Crippen LogP contribution in [0, 0.1) is 0 Å². The predicted octanol–water partition coefficient (Wildman–Crippen LogP) is 2.27. The molecule has 0 bridgehead atoms. The van der Waals surface area contributed by atoms with Gasteiger partial charge in [-0.1, -0.05) is 24.3 Å². The Morgan fingerprint density at radius 1 is 1.23 bits per heavy atom. The first-order valence-corrected chi connectivity index (χ1v) is 7.40. The molecule has 2 aromatic heterocycles. The Kier molecular flexibility index (Phi) is 3.56. The molecular weight excluding hydrogens is 302 g/mol. The zero-order valence-corrected chi connectivity index (χ0v) is 12.3. The first-order chi connectivity index (χ1) is 10.6. The number of hydrogen-bond donors (Lipinski definition) is 3. The summed E-state index contributed by atoms with van der Waals surface area (Å²) in [6.45, 7) is 0.353. The number of para-hydroxylation sites is 1. The molecule has 0 aliphatic carbocycles. The number of carbonyl (C=O) groups is 2. The Hall–Kier alpha value is -2.80. The number of benzene rings is 1. The molecule has 3 aromatic rings. The van der Waals surface area contributed by atoms with Gasteiger partial charge in [-0.25, -0.2) is 9.36 Å². The normalized spacial score (nSPS) is 10.7. The summed E-state index contributed by atoms with van der Waals surface area (Å²) in [5.41, 5.74) is 5.72. The van der Waals surface area contributed by atoms with Crippen LogP contribution in [0.25, 0.3) is 10.9 Å². The summed E-state index contributed by atoms with van der Waals surface area (Å²) in [6, 6.07) is 9.66. The maximum atomic E-state index is 12.4. The van der Waals surface area contributed by atoms with Crippen molar-refractivity contribution in [2.24, 2.45) is 5.73 Å². The average molecular weight is 315 g/mol. The quantitative estimate of drug-likeness (QED) is 0.691. The molecule has 4 N–H and O–H groups in total. The summed E-state index contributed by atoms with van der Waals surface area (Å²) in [5.74, 6) is -0.903. The van der Waals surface area contributed by atoms with Crippen LogP contribution in [0.2, 0.25) is 0 Å². The number of fused-ring (bicyclic) bond motifs is 1. The molecule has 0 radical (unpaired) electrons. The van der Waals surface area contributed by atoms with Crippen LogP contribution in [0.3, 0.4) is 0 Å². The molecule has 1 aromatic carbocycles. The van der Waals surface area contributed by atoms with Crippen LogP contribution < -0.4 is 11.1 Å². The standard InChI is InChI=1S/C15H13N3O3S/c16-15(21)18-11-6-2-1-5-10(11)12(14(18)20)13(19)17-8-9-4-3-7-22-9/h1-7,20H,8H2,(H2,16,21)(H,17,19). The number of thiophene rings is 1.